The van der Waals surface area contributed by atoms with E-state index in [1.807, 2.05) is 19.9 Å². The number of hydrogen-bond acceptors (Lipinski definition) is 7. The van der Waals surface area contributed by atoms with Gasteiger partial charge in [0.25, 0.3) is 0 Å². The van der Waals surface area contributed by atoms with Gasteiger partial charge in [-0.15, -0.1) is 0 Å². The van der Waals surface area contributed by atoms with Gasteiger partial charge < -0.3 is 14.8 Å². The van der Waals surface area contributed by atoms with Crippen molar-refractivity contribution in [1.29, 1.82) is 0 Å². The standard InChI is InChI=1S/C15H20N3O3S/c1-11(2)9-21-14(19)8-16-6-3-7-20-13-5-4-12-15(18-13)22-10-17-12/h4-5,11,16H,3,6-9H2,1-2H3. The molecule has 0 aliphatic heterocycles. The van der Waals surface area contributed by atoms with Gasteiger partial charge in [0.15, 0.2) is 5.51 Å². The first-order valence-electron chi connectivity index (χ1n) is 7.28. The molecule has 0 amide bonds. The fourth-order valence-electron chi connectivity index (χ4n) is 1.65. The van der Waals surface area contributed by atoms with Crippen molar-refractivity contribution in [3.05, 3.63) is 17.6 Å². The zero-order valence-electron chi connectivity index (χ0n) is 12.8. The van der Waals surface area contributed by atoms with Gasteiger partial charge >= 0.3 is 5.97 Å². The van der Waals surface area contributed by atoms with Crippen LogP contribution >= 0.6 is 11.3 Å². The van der Waals surface area contributed by atoms with Gasteiger partial charge in [-0.3, -0.25) is 4.79 Å². The Morgan fingerprint density at radius 3 is 3.14 bits per heavy atom. The van der Waals surface area contributed by atoms with Crippen molar-refractivity contribution in [2.24, 2.45) is 5.92 Å². The third-order valence-electron chi connectivity index (χ3n) is 2.72. The van der Waals surface area contributed by atoms with E-state index in [0.29, 0.717) is 31.6 Å². The number of fused-ring (bicyclic) bond motifs is 1. The second-order valence-electron chi connectivity index (χ2n) is 5.23. The maximum absolute atomic E-state index is 11.4. The lowest BCUT2D eigenvalue weighted by atomic mass is 10.2. The summed E-state index contributed by atoms with van der Waals surface area (Å²) in [6, 6.07) is 3.67. The molecule has 6 nitrogen and oxygen atoms in total. The van der Waals surface area contributed by atoms with Crippen LogP contribution in [0.3, 0.4) is 0 Å². The van der Waals surface area contributed by atoms with Gasteiger partial charge in [-0.05, 0) is 24.9 Å². The van der Waals surface area contributed by atoms with E-state index in [-0.39, 0.29) is 12.5 Å². The zero-order chi connectivity index (χ0) is 15.8. The van der Waals surface area contributed by atoms with Crippen LogP contribution in [0.25, 0.3) is 10.3 Å². The van der Waals surface area contributed by atoms with Crippen molar-refractivity contribution in [2.75, 3.05) is 26.3 Å². The average Bonchev–Trinajstić information content (AvgIpc) is 2.96. The number of esters is 1. The van der Waals surface area contributed by atoms with Crippen LogP contribution in [0.5, 0.6) is 5.88 Å². The van der Waals surface area contributed by atoms with Gasteiger partial charge in [0.1, 0.15) is 10.3 Å². The van der Waals surface area contributed by atoms with Crippen LogP contribution in [0.2, 0.25) is 0 Å². The van der Waals surface area contributed by atoms with Crippen molar-refractivity contribution in [2.45, 2.75) is 20.3 Å². The number of nitrogens with zero attached hydrogens (tertiary/aromatic N) is 2. The molecular weight excluding hydrogens is 302 g/mol. The summed E-state index contributed by atoms with van der Waals surface area (Å²) in [5.41, 5.74) is 3.63. The van der Waals surface area contributed by atoms with Crippen molar-refractivity contribution < 1.29 is 14.3 Å². The van der Waals surface area contributed by atoms with Crippen molar-refractivity contribution in [1.82, 2.24) is 15.3 Å². The molecule has 2 heterocycles. The summed E-state index contributed by atoms with van der Waals surface area (Å²) in [5, 5.41) is 3.03. The van der Waals surface area contributed by atoms with E-state index in [9.17, 15) is 4.79 Å². The molecule has 7 heteroatoms. The maximum Gasteiger partial charge on any atom is 0.319 e. The van der Waals surface area contributed by atoms with Gasteiger partial charge in [0, 0.05) is 6.07 Å². The van der Waals surface area contributed by atoms with Crippen LogP contribution in [-0.2, 0) is 9.53 Å². The van der Waals surface area contributed by atoms with E-state index in [2.05, 4.69) is 20.8 Å². The minimum Gasteiger partial charge on any atom is -0.478 e. The Hall–Kier alpha value is -1.73. The highest BCUT2D eigenvalue weighted by Crippen LogP contribution is 2.18. The molecule has 2 aromatic heterocycles. The number of ether oxygens (including phenoxy) is 2. The summed E-state index contributed by atoms with van der Waals surface area (Å²) < 4.78 is 10.6. The number of carbonyl (C=O) groups excluding carboxylic acids is 1. The second kappa shape index (κ2) is 8.65. The van der Waals surface area contributed by atoms with Gasteiger partial charge in [-0.2, -0.15) is 0 Å². The first kappa shape index (κ1) is 16.6. The first-order valence-corrected chi connectivity index (χ1v) is 8.09. The predicted molar refractivity (Wildman–Crippen MR) is 85.0 cm³/mol. The fraction of sp³-hybridized carbons (Fsp3) is 0.533. The first-order chi connectivity index (χ1) is 10.6. The Morgan fingerprint density at radius 1 is 1.45 bits per heavy atom. The normalized spacial score (nSPS) is 11.0. The minimum atomic E-state index is -0.219. The number of thiazole rings is 1. The van der Waals surface area contributed by atoms with E-state index in [4.69, 9.17) is 9.47 Å². The summed E-state index contributed by atoms with van der Waals surface area (Å²) in [6.07, 6.45) is 0.784. The Balaban J connectivity index is 1.56. The molecule has 1 N–H and O–H groups in total. The third kappa shape index (κ3) is 5.57. The quantitative estimate of drug-likeness (QED) is 0.563. The Morgan fingerprint density at radius 2 is 2.32 bits per heavy atom. The third-order valence-corrected chi connectivity index (χ3v) is 3.39. The largest absolute Gasteiger partial charge is 0.478 e. The summed E-state index contributed by atoms with van der Waals surface area (Å²) in [6.45, 7) is 5.93. The molecule has 119 valence electrons. The molecule has 1 radical (unpaired) electrons. The fourth-order valence-corrected chi connectivity index (χ4v) is 2.23. The molecule has 0 aliphatic rings. The van der Waals surface area contributed by atoms with Crippen molar-refractivity contribution in [3.63, 3.8) is 0 Å². The SMILES string of the molecule is CC(C)COC(=O)CNCCCOc1ccc2n[c]sc2n1. The smallest absolute Gasteiger partial charge is 0.319 e. The molecule has 0 bridgehead atoms. The lowest BCUT2D eigenvalue weighted by Gasteiger charge is -2.08. The van der Waals surface area contributed by atoms with Gasteiger partial charge in [0.2, 0.25) is 5.88 Å². The molecule has 0 aliphatic carbocycles. The zero-order valence-corrected chi connectivity index (χ0v) is 13.6. The number of pyridine rings is 1. The van der Waals surface area contributed by atoms with E-state index in [0.717, 1.165) is 16.8 Å². The molecule has 0 aromatic carbocycles. The number of carbonyl (C=O) groups is 1. The lowest BCUT2D eigenvalue weighted by molar-refractivity contribution is -0.143. The highest BCUT2D eigenvalue weighted by Gasteiger charge is 2.04. The summed E-state index contributed by atoms with van der Waals surface area (Å²) in [5.74, 6) is 0.725. The average molecular weight is 322 g/mol. The molecule has 0 unspecified atom stereocenters. The Labute approximate surface area is 133 Å². The van der Waals surface area contributed by atoms with Crippen LogP contribution < -0.4 is 10.1 Å². The van der Waals surface area contributed by atoms with Crippen LogP contribution in [0.15, 0.2) is 12.1 Å². The number of nitrogens with one attached hydrogen (secondary N) is 1. The summed E-state index contributed by atoms with van der Waals surface area (Å²) in [7, 11) is 0. The summed E-state index contributed by atoms with van der Waals surface area (Å²) in [4.78, 5) is 20.6. The van der Waals surface area contributed by atoms with Crippen LogP contribution in [0.1, 0.15) is 20.3 Å². The van der Waals surface area contributed by atoms with Gasteiger partial charge in [-0.1, -0.05) is 25.2 Å². The van der Waals surface area contributed by atoms with E-state index < -0.39 is 0 Å². The molecule has 0 saturated heterocycles. The molecule has 0 atom stereocenters. The molecule has 0 saturated carbocycles. The second-order valence-corrected chi connectivity index (χ2v) is 6.01. The van der Waals surface area contributed by atoms with Crippen molar-refractivity contribution in [3.8, 4) is 5.88 Å². The topological polar surface area (TPSA) is 73.3 Å². The molecule has 2 aromatic rings. The Bertz CT molecular complexity index is 600. The Kier molecular flexibility index (Phi) is 6.54. The van der Waals surface area contributed by atoms with E-state index in [1.165, 1.54) is 11.3 Å². The number of rotatable bonds is 9. The molecule has 0 spiro atoms. The van der Waals surface area contributed by atoms with Gasteiger partial charge in [-0.25, -0.2) is 9.97 Å². The van der Waals surface area contributed by atoms with Crippen LogP contribution in [-0.4, -0.2) is 42.2 Å². The van der Waals surface area contributed by atoms with Crippen LogP contribution in [0.4, 0.5) is 0 Å². The predicted octanol–water partition coefficient (Wildman–Crippen LogP) is 2.05. The highest BCUT2D eigenvalue weighted by molar-refractivity contribution is 7.15. The maximum atomic E-state index is 11.4. The molecule has 0 fully saturated rings. The molecule has 22 heavy (non-hydrogen) atoms. The van der Waals surface area contributed by atoms with Crippen LogP contribution in [0, 0.1) is 11.4 Å². The van der Waals surface area contributed by atoms with Gasteiger partial charge in [0.05, 0.1) is 19.8 Å². The molecule has 2 rings (SSSR count). The number of hydrogen-bond donors (Lipinski definition) is 1. The highest BCUT2D eigenvalue weighted by atomic mass is 32.1. The molecular formula is C15H20N3O3S. The van der Waals surface area contributed by atoms with E-state index in [1.54, 1.807) is 6.07 Å². The minimum absolute atomic E-state index is 0.219. The summed E-state index contributed by atoms with van der Waals surface area (Å²) >= 11 is 1.37. The monoisotopic (exact) mass is 322 g/mol. The van der Waals surface area contributed by atoms with Crippen molar-refractivity contribution >= 4 is 27.7 Å². The number of aromatic nitrogens is 2. The lowest BCUT2D eigenvalue weighted by Crippen LogP contribution is -2.27. The van der Waals surface area contributed by atoms with E-state index >= 15 is 0 Å².